The van der Waals surface area contributed by atoms with Gasteiger partial charge in [0.15, 0.2) is 5.96 Å². The van der Waals surface area contributed by atoms with Crippen LogP contribution < -0.4 is 10.1 Å². The normalized spacial score (nSPS) is 20.7. The fraction of sp³-hybridized carbons (Fsp3) is 0.650. The van der Waals surface area contributed by atoms with Crippen LogP contribution in [0.1, 0.15) is 18.9 Å². The number of hydrogen-bond donors (Lipinski definition) is 1. The number of ether oxygens (including phenoxy) is 2. The molecule has 1 unspecified atom stereocenters. The van der Waals surface area contributed by atoms with E-state index in [1.54, 1.807) is 12.1 Å². The van der Waals surface area contributed by atoms with Gasteiger partial charge in [-0.05, 0) is 37.5 Å². The third-order valence-corrected chi connectivity index (χ3v) is 5.18. The number of rotatable bonds is 6. The molecule has 0 aromatic heterocycles. The molecule has 30 heavy (non-hydrogen) atoms. The highest BCUT2D eigenvalue weighted by Crippen LogP contribution is 2.23. The van der Waals surface area contributed by atoms with Crippen molar-refractivity contribution in [2.75, 3.05) is 52.5 Å². The van der Waals surface area contributed by atoms with Crippen molar-refractivity contribution in [3.63, 3.8) is 0 Å². The van der Waals surface area contributed by atoms with Crippen LogP contribution in [0.25, 0.3) is 0 Å². The summed E-state index contributed by atoms with van der Waals surface area (Å²) in [6.45, 7) is 8.91. The molecule has 2 fully saturated rings. The third kappa shape index (κ3) is 7.77. The first-order valence-electron chi connectivity index (χ1n) is 10.1. The predicted octanol–water partition coefficient (Wildman–Crippen LogP) is 3.12. The van der Waals surface area contributed by atoms with Crippen molar-refractivity contribution in [2.24, 2.45) is 4.99 Å². The molecule has 0 spiro atoms. The van der Waals surface area contributed by atoms with Gasteiger partial charge in [-0.1, -0.05) is 12.1 Å². The second-order valence-corrected chi connectivity index (χ2v) is 7.21. The zero-order chi connectivity index (χ0) is 20.7. The van der Waals surface area contributed by atoms with E-state index >= 15 is 0 Å². The zero-order valence-electron chi connectivity index (χ0n) is 17.2. The molecule has 1 aromatic rings. The van der Waals surface area contributed by atoms with Crippen LogP contribution in [0.15, 0.2) is 29.3 Å². The van der Waals surface area contributed by atoms with Crippen LogP contribution in [0.3, 0.4) is 0 Å². The maximum Gasteiger partial charge on any atom is 0.573 e. The van der Waals surface area contributed by atoms with Gasteiger partial charge < -0.3 is 19.7 Å². The molecule has 6 nitrogen and oxygen atoms in total. The van der Waals surface area contributed by atoms with Gasteiger partial charge in [0.25, 0.3) is 0 Å². The van der Waals surface area contributed by atoms with Crippen LogP contribution in [0, 0.1) is 0 Å². The minimum Gasteiger partial charge on any atom is -0.406 e. The molecule has 0 bridgehead atoms. The van der Waals surface area contributed by atoms with E-state index in [2.05, 4.69) is 19.9 Å². The monoisotopic (exact) mass is 542 g/mol. The van der Waals surface area contributed by atoms with Crippen molar-refractivity contribution < 1.29 is 22.6 Å². The fourth-order valence-electron chi connectivity index (χ4n) is 3.75. The second kappa shape index (κ2) is 11.9. The van der Waals surface area contributed by atoms with Gasteiger partial charge in [0.05, 0.1) is 13.2 Å². The molecule has 0 amide bonds. The molecule has 0 radical (unpaired) electrons. The molecule has 2 aliphatic rings. The Morgan fingerprint density at radius 3 is 2.53 bits per heavy atom. The van der Waals surface area contributed by atoms with Crippen molar-refractivity contribution >= 4 is 29.9 Å². The molecule has 0 saturated carbocycles. The quantitative estimate of drug-likeness (QED) is 0.340. The van der Waals surface area contributed by atoms with Gasteiger partial charge in [0.2, 0.25) is 0 Å². The number of halogens is 4. The van der Waals surface area contributed by atoms with Gasteiger partial charge >= 0.3 is 6.36 Å². The van der Waals surface area contributed by atoms with E-state index in [1.807, 2.05) is 6.92 Å². The third-order valence-electron chi connectivity index (χ3n) is 5.18. The Kier molecular flexibility index (Phi) is 9.95. The Hall–Kier alpha value is -1.27. The number of nitrogens with one attached hydrogen (secondary N) is 1. The first kappa shape index (κ1) is 25.0. The molecule has 2 heterocycles. The number of likely N-dealkylation sites (tertiary alicyclic amines) is 1. The predicted molar refractivity (Wildman–Crippen MR) is 121 cm³/mol. The average molecular weight is 542 g/mol. The van der Waals surface area contributed by atoms with E-state index in [9.17, 15) is 13.2 Å². The number of nitrogens with zero attached hydrogens (tertiary/aromatic N) is 3. The molecule has 1 aromatic carbocycles. The van der Waals surface area contributed by atoms with Crippen molar-refractivity contribution in [3.05, 3.63) is 29.8 Å². The molecular weight excluding hydrogens is 512 g/mol. The number of alkyl halides is 3. The summed E-state index contributed by atoms with van der Waals surface area (Å²) >= 11 is 0. The molecule has 1 atom stereocenters. The first-order valence-corrected chi connectivity index (χ1v) is 10.1. The van der Waals surface area contributed by atoms with E-state index in [0.29, 0.717) is 19.0 Å². The maximum atomic E-state index is 12.2. The number of hydrogen-bond acceptors (Lipinski definition) is 4. The van der Waals surface area contributed by atoms with E-state index in [-0.39, 0.29) is 29.7 Å². The van der Waals surface area contributed by atoms with Crippen molar-refractivity contribution in [1.82, 2.24) is 15.1 Å². The van der Waals surface area contributed by atoms with Crippen molar-refractivity contribution in [3.8, 4) is 5.75 Å². The molecule has 2 saturated heterocycles. The molecule has 10 heteroatoms. The van der Waals surface area contributed by atoms with E-state index in [4.69, 9.17) is 9.73 Å². The molecule has 170 valence electrons. The Bertz CT molecular complexity index is 667. The lowest BCUT2D eigenvalue weighted by Crippen LogP contribution is -2.46. The Morgan fingerprint density at radius 2 is 1.90 bits per heavy atom. The highest BCUT2D eigenvalue weighted by atomic mass is 127. The summed E-state index contributed by atoms with van der Waals surface area (Å²) in [5.74, 6) is 0.699. The van der Waals surface area contributed by atoms with Crippen LogP contribution >= 0.6 is 24.0 Å². The molecule has 0 aliphatic carbocycles. The summed E-state index contributed by atoms with van der Waals surface area (Å²) in [6.07, 6.45) is -2.89. The van der Waals surface area contributed by atoms with Crippen LogP contribution in [0.2, 0.25) is 0 Å². The largest absolute Gasteiger partial charge is 0.573 e. The van der Waals surface area contributed by atoms with Crippen molar-refractivity contribution in [2.45, 2.75) is 32.2 Å². The van der Waals surface area contributed by atoms with E-state index in [0.717, 1.165) is 63.9 Å². The Labute approximate surface area is 192 Å². The lowest BCUT2D eigenvalue weighted by Gasteiger charge is -2.32. The van der Waals surface area contributed by atoms with Gasteiger partial charge in [-0.2, -0.15) is 0 Å². The lowest BCUT2D eigenvalue weighted by molar-refractivity contribution is -0.274. The summed E-state index contributed by atoms with van der Waals surface area (Å²) in [5, 5.41) is 3.36. The highest BCUT2D eigenvalue weighted by molar-refractivity contribution is 14.0. The lowest BCUT2D eigenvalue weighted by atomic mass is 10.1. The smallest absolute Gasteiger partial charge is 0.406 e. The highest BCUT2D eigenvalue weighted by Gasteiger charge is 2.31. The van der Waals surface area contributed by atoms with Gasteiger partial charge in [-0.3, -0.25) is 9.89 Å². The van der Waals surface area contributed by atoms with E-state index in [1.165, 1.54) is 12.1 Å². The summed E-state index contributed by atoms with van der Waals surface area (Å²) in [5.41, 5.74) is 0.923. The van der Waals surface area contributed by atoms with Gasteiger partial charge in [-0.25, -0.2) is 0 Å². The number of guanidine groups is 1. The summed E-state index contributed by atoms with van der Waals surface area (Å²) < 4.78 is 46.1. The van der Waals surface area contributed by atoms with Crippen LogP contribution in [0.5, 0.6) is 5.75 Å². The minimum absolute atomic E-state index is 0. The van der Waals surface area contributed by atoms with Gasteiger partial charge in [0.1, 0.15) is 5.75 Å². The second-order valence-electron chi connectivity index (χ2n) is 7.21. The summed E-state index contributed by atoms with van der Waals surface area (Å²) in [7, 11) is 0. The van der Waals surface area contributed by atoms with E-state index < -0.39 is 6.36 Å². The minimum atomic E-state index is -4.67. The topological polar surface area (TPSA) is 49.3 Å². The first-order chi connectivity index (χ1) is 13.9. The van der Waals surface area contributed by atoms with Crippen molar-refractivity contribution in [1.29, 1.82) is 0 Å². The number of aliphatic imine (C=N–C) groups is 1. The standard InChI is InChI=1S/C20H29F3N4O2.HI/c1-2-24-19(27-10-8-17(15-27)26-11-13-28-14-12-26)25-9-7-16-3-5-18(6-4-16)29-20(21,22)23;/h3-6,17H,2,7-15H2,1H3,(H,24,25);1H. The van der Waals surface area contributed by atoms with Crippen LogP contribution in [0.4, 0.5) is 13.2 Å². The average Bonchev–Trinajstić information content (AvgIpc) is 3.18. The molecular formula is C20H30F3IN4O2. The number of morpholine rings is 1. The SMILES string of the molecule is CCNC(=NCCc1ccc(OC(F)(F)F)cc1)N1CCC(N2CCOCC2)C1.I. The summed E-state index contributed by atoms with van der Waals surface area (Å²) in [4.78, 5) is 9.52. The van der Waals surface area contributed by atoms with Gasteiger partial charge in [0, 0.05) is 45.3 Å². The summed E-state index contributed by atoms with van der Waals surface area (Å²) in [6, 6.07) is 6.50. The maximum absolute atomic E-state index is 12.2. The zero-order valence-corrected chi connectivity index (χ0v) is 19.5. The Morgan fingerprint density at radius 1 is 1.20 bits per heavy atom. The van der Waals surface area contributed by atoms with Crippen LogP contribution in [-0.4, -0.2) is 80.6 Å². The number of benzene rings is 1. The molecule has 3 rings (SSSR count). The van der Waals surface area contributed by atoms with Gasteiger partial charge in [-0.15, -0.1) is 37.1 Å². The Balaban J connectivity index is 0.00000320. The molecule has 2 aliphatic heterocycles. The molecule has 1 N–H and O–H groups in total. The van der Waals surface area contributed by atoms with Crippen LogP contribution in [-0.2, 0) is 11.2 Å². The fourth-order valence-corrected chi connectivity index (χ4v) is 3.75.